The molecule has 5 heteroatoms. The van der Waals surface area contributed by atoms with Crippen molar-refractivity contribution in [2.75, 3.05) is 7.05 Å². The van der Waals surface area contributed by atoms with Gasteiger partial charge in [-0.25, -0.2) is 9.59 Å². The van der Waals surface area contributed by atoms with E-state index in [9.17, 15) is 9.59 Å². The molecule has 64 valence electrons. The topological polar surface area (TPSA) is 86.6 Å². The largest absolute Gasteiger partial charge is 0.479 e. The molecule has 3 N–H and O–H groups in total. The Morgan fingerprint density at radius 3 is 1.73 bits per heavy atom. The lowest BCUT2D eigenvalue weighted by Gasteiger charge is -2.21. The molecule has 0 spiro atoms. The number of carbonyl (C=O) groups is 2. The van der Waals surface area contributed by atoms with Crippen LogP contribution >= 0.6 is 0 Å². The van der Waals surface area contributed by atoms with Crippen LogP contribution in [0.3, 0.4) is 0 Å². The average molecular weight is 161 g/mol. The number of nitrogens with one attached hydrogen (secondary N) is 1. The van der Waals surface area contributed by atoms with Crippen molar-refractivity contribution in [3.05, 3.63) is 0 Å². The number of carboxylic acids is 2. The Hall–Kier alpha value is -1.10. The summed E-state index contributed by atoms with van der Waals surface area (Å²) in [5, 5.41) is 19.4. The molecule has 11 heavy (non-hydrogen) atoms. The molecule has 0 bridgehead atoms. The van der Waals surface area contributed by atoms with E-state index in [0.717, 1.165) is 0 Å². The predicted molar refractivity (Wildman–Crippen MR) is 37.4 cm³/mol. The molecular formula is C6H11NO4. The molecule has 0 unspecified atom stereocenters. The van der Waals surface area contributed by atoms with E-state index in [1.165, 1.54) is 14.0 Å². The summed E-state index contributed by atoms with van der Waals surface area (Å²) in [6, 6.07) is 0. The Labute approximate surface area is 64.0 Å². The first-order valence-electron chi connectivity index (χ1n) is 3.17. The van der Waals surface area contributed by atoms with E-state index in [4.69, 9.17) is 10.2 Å². The van der Waals surface area contributed by atoms with E-state index in [1.54, 1.807) is 0 Å². The van der Waals surface area contributed by atoms with Gasteiger partial charge in [0.15, 0.2) is 0 Å². The number of aliphatic carboxylic acids is 2. The quantitative estimate of drug-likeness (QED) is 0.485. The number of likely N-dealkylation sites (N-methyl/N-ethyl adjacent to an activating group) is 1. The minimum absolute atomic E-state index is 0.00810. The van der Waals surface area contributed by atoms with E-state index in [1.807, 2.05) is 0 Å². The van der Waals surface area contributed by atoms with E-state index in [2.05, 4.69) is 5.32 Å². The van der Waals surface area contributed by atoms with Gasteiger partial charge in [0.05, 0.1) is 0 Å². The Morgan fingerprint density at radius 1 is 1.36 bits per heavy atom. The smallest absolute Gasteiger partial charge is 0.335 e. The van der Waals surface area contributed by atoms with Gasteiger partial charge in [-0.3, -0.25) is 5.32 Å². The van der Waals surface area contributed by atoms with Crippen LogP contribution in [0.15, 0.2) is 0 Å². The minimum atomic E-state index is -1.83. The van der Waals surface area contributed by atoms with E-state index < -0.39 is 17.5 Å². The van der Waals surface area contributed by atoms with Crippen LogP contribution < -0.4 is 5.32 Å². The lowest BCUT2D eigenvalue weighted by atomic mass is 9.97. The van der Waals surface area contributed by atoms with Gasteiger partial charge < -0.3 is 10.2 Å². The second kappa shape index (κ2) is 3.34. The molecule has 0 atom stereocenters. The molecule has 0 aromatic carbocycles. The van der Waals surface area contributed by atoms with Crippen LogP contribution in [-0.4, -0.2) is 34.7 Å². The summed E-state index contributed by atoms with van der Waals surface area (Å²) < 4.78 is 0. The zero-order chi connectivity index (χ0) is 9.07. The van der Waals surface area contributed by atoms with Gasteiger partial charge in [0.25, 0.3) is 0 Å². The van der Waals surface area contributed by atoms with Crippen LogP contribution in [-0.2, 0) is 9.59 Å². The Kier molecular flexibility index (Phi) is 3.00. The third kappa shape index (κ3) is 1.48. The first-order chi connectivity index (χ1) is 5.01. The summed E-state index contributed by atoms with van der Waals surface area (Å²) in [6.07, 6.45) is 0.00810. The Bertz CT molecular complexity index is 157. The predicted octanol–water partition coefficient (Wildman–Crippen LogP) is -0.476. The second-order valence-corrected chi connectivity index (χ2v) is 2.12. The molecule has 5 nitrogen and oxygen atoms in total. The molecular weight excluding hydrogens is 150 g/mol. The fourth-order valence-corrected chi connectivity index (χ4v) is 0.785. The third-order valence-electron chi connectivity index (χ3n) is 1.69. The zero-order valence-corrected chi connectivity index (χ0v) is 6.42. The summed E-state index contributed by atoms with van der Waals surface area (Å²) in [5.74, 6) is -2.73. The molecule has 0 heterocycles. The van der Waals surface area contributed by atoms with Crippen LogP contribution in [0.1, 0.15) is 13.3 Å². The van der Waals surface area contributed by atoms with Gasteiger partial charge in [-0.1, -0.05) is 6.92 Å². The van der Waals surface area contributed by atoms with Crippen molar-refractivity contribution >= 4 is 11.9 Å². The zero-order valence-electron chi connectivity index (χ0n) is 6.42. The molecule has 0 amide bonds. The van der Waals surface area contributed by atoms with Crippen LogP contribution in [0.2, 0.25) is 0 Å². The van der Waals surface area contributed by atoms with Crippen molar-refractivity contribution in [2.45, 2.75) is 18.9 Å². The first-order valence-corrected chi connectivity index (χ1v) is 3.17. The van der Waals surface area contributed by atoms with Crippen molar-refractivity contribution in [3.8, 4) is 0 Å². The van der Waals surface area contributed by atoms with Crippen molar-refractivity contribution in [1.29, 1.82) is 0 Å². The highest BCUT2D eigenvalue weighted by molar-refractivity contribution is 6.03. The SMILES string of the molecule is CCC(NC)(C(=O)O)C(=O)O. The molecule has 0 fully saturated rings. The molecule has 0 radical (unpaired) electrons. The lowest BCUT2D eigenvalue weighted by Crippen LogP contribution is -2.56. The van der Waals surface area contributed by atoms with Gasteiger partial charge in [-0.05, 0) is 13.5 Å². The lowest BCUT2D eigenvalue weighted by molar-refractivity contribution is -0.158. The summed E-state index contributed by atoms with van der Waals surface area (Å²) in [7, 11) is 1.31. The second-order valence-electron chi connectivity index (χ2n) is 2.12. The molecule has 0 saturated carbocycles. The van der Waals surface area contributed by atoms with Gasteiger partial charge >= 0.3 is 11.9 Å². The number of carboxylic acid groups (broad SMARTS) is 2. The summed E-state index contributed by atoms with van der Waals surface area (Å²) in [4.78, 5) is 21.0. The van der Waals surface area contributed by atoms with Crippen LogP contribution in [0.5, 0.6) is 0 Å². The highest BCUT2D eigenvalue weighted by atomic mass is 16.4. The van der Waals surface area contributed by atoms with Crippen molar-refractivity contribution in [3.63, 3.8) is 0 Å². The van der Waals surface area contributed by atoms with Crippen molar-refractivity contribution < 1.29 is 19.8 Å². The molecule has 0 rings (SSSR count). The normalized spacial score (nSPS) is 11.1. The van der Waals surface area contributed by atoms with Gasteiger partial charge in [-0.15, -0.1) is 0 Å². The van der Waals surface area contributed by atoms with E-state index in [-0.39, 0.29) is 6.42 Å². The maximum atomic E-state index is 10.5. The minimum Gasteiger partial charge on any atom is -0.479 e. The van der Waals surface area contributed by atoms with Crippen molar-refractivity contribution in [1.82, 2.24) is 5.32 Å². The van der Waals surface area contributed by atoms with Gasteiger partial charge in [-0.2, -0.15) is 0 Å². The van der Waals surface area contributed by atoms with Gasteiger partial charge in [0.2, 0.25) is 5.54 Å². The standard InChI is InChI=1S/C6H11NO4/c1-3-6(7-2,4(8)9)5(10)11/h7H,3H2,1-2H3,(H,8,9)(H,10,11). The Balaban J connectivity index is 4.76. The summed E-state index contributed by atoms with van der Waals surface area (Å²) in [6.45, 7) is 1.50. The fourth-order valence-electron chi connectivity index (χ4n) is 0.785. The first kappa shape index (κ1) is 9.90. The van der Waals surface area contributed by atoms with E-state index >= 15 is 0 Å². The number of hydrogen-bond acceptors (Lipinski definition) is 3. The molecule has 0 aliphatic heterocycles. The molecule has 0 aliphatic carbocycles. The summed E-state index contributed by atoms with van der Waals surface area (Å²) >= 11 is 0. The Morgan fingerprint density at radius 2 is 1.73 bits per heavy atom. The van der Waals surface area contributed by atoms with Crippen molar-refractivity contribution in [2.24, 2.45) is 0 Å². The fraction of sp³-hybridized carbons (Fsp3) is 0.667. The number of rotatable bonds is 4. The molecule has 0 aliphatic rings. The number of hydrogen-bond donors (Lipinski definition) is 3. The van der Waals surface area contributed by atoms with Crippen LogP contribution in [0.4, 0.5) is 0 Å². The van der Waals surface area contributed by atoms with Crippen LogP contribution in [0.25, 0.3) is 0 Å². The monoisotopic (exact) mass is 161 g/mol. The highest BCUT2D eigenvalue weighted by Gasteiger charge is 2.43. The highest BCUT2D eigenvalue weighted by Crippen LogP contribution is 2.09. The van der Waals surface area contributed by atoms with Crippen LogP contribution in [0, 0.1) is 0 Å². The average Bonchev–Trinajstić information content (AvgIpc) is 1.90. The van der Waals surface area contributed by atoms with E-state index in [0.29, 0.717) is 0 Å². The van der Waals surface area contributed by atoms with Gasteiger partial charge in [0, 0.05) is 0 Å². The maximum absolute atomic E-state index is 10.5. The maximum Gasteiger partial charge on any atom is 0.335 e. The molecule has 0 saturated heterocycles. The third-order valence-corrected chi connectivity index (χ3v) is 1.69. The summed E-state index contributed by atoms with van der Waals surface area (Å²) in [5.41, 5.74) is -1.83. The van der Waals surface area contributed by atoms with Gasteiger partial charge in [0.1, 0.15) is 0 Å². The molecule has 0 aromatic rings. The molecule has 0 aromatic heterocycles.